The fourth-order valence-electron chi connectivity index (χ4n) is 3.24. The van der Waals surface area contributed by atoms with Crippen molar-refractivity contribution < 1.29 is 4.57 Å². The van der Waals surface area contributed by atoms with Gasteiger partial charge in [-0.25, -0.2) is 4.67 Å². The first-order chi connectivity index (χ1) is 10.1. The van der Waals surface area contributed by atoms with Gasteiger partial charge in [-0.05, 0) is 33.5 Å². The van der Waals surface area contributed by atoms with E-state index in [-0.39, 0.29) is 5.66 Å². The van der Waals surface area contributed by atoms with Crippen molar-refractivity contribution >= 4 is 17.9 Å². The summed E-state index contributed by atoms with van der Waals surface area (Å²) in [6.45, 7) is 2.39. The SMILES string of the molecule is CCN(CC)P(=O)(Cl)C1c2ccccc2-c2ccccc21. The highest BCUT2D eigenvalue weighted by Gasteiger charge is 2.43. The molecule has 1 atom stereocenters. The zero-order chi connectivity index (χ0) is 15.0. The predicted molar refractivity (Wildman–Crippen MR) is 90.1 cm³/mol. The molecule has 0 fully saturated rings. The molecular formula is C17H19ClNOP. The van der Waals surface area contributed by atoms with Gasteiger partial charge in [0.15, 0.2) is 0 Å². The van der Waals surface area contributed by atoms with Gasteiger partial charge in [-0.15, -0.1) is 0 Å². The quantitative estimate of drug-likeness (QED) is 0.690. The Balaban J connectivity index is 2.21. The van der Waals surface area contributed by atoms with Gasteiger partial charge in [0.25, 0.3) is 0 Å². The molecule has 0 amide bonds. The molecule has 1 aliphatic carbocycles. The molecule has 2 nitrogen and oxygen atoms in total. The Morgan fingerprint density at radius 3 is 1.81 bits per heavy atom. The zero-order valence-corrected chi connectivity index (χ0v) is 13.9. The first kappa shape index (κ1) is 14.8. The van der Waals surface area contributed by atoms with Crippen molar-refractivity contribution in [3.05, 3.63) is 59.7 Å². The lowest BCUT2D eigenvalue weighted by Crippen LogP contribution is -2.20. The molecule has 0 bridgehead atoms. The smallest absolute Gasteiger partial charge is 0.246 e. The van der Waals surface area contributed by atoms with Gasteiger partial charge in [-0.1, -0.05) is 62.4 Å². The summed E-state index contributed by atoms with van der Waals surface area (Å²) in [4.78, 5) is 0. The van der Waals surface area contributed by atoms with Crippen LogP contribution in [0.5, 0.6) is 0 Å². The summed E-state index contributed by atoms with van der Waals surface area (Å²) in [6.07, 6.45) is 0. The Hall–Kier alpha value is -1.08. The molecule has 0 radical (unpaired) electrons. The van der Waals surface area contributed by atoms with Crippen LogP contribution in [-0.2, 0) is 4.57 Å². The van der Waals surface area contributed by atoms with E-state index >= 15 is 0 Å². The van der Waals surface area contributed by atoms with E-state index < -0.39 is 6.65 Å². The van der Waals surface area contributed by atoms with E-state index in [9.17, 15) is 4.57 Å². The molecule has 1 unspecified atom stereocenters. The number of hydrogen-bond donors (Lipinski definition) is 0. The summed E-state index contributed by atoms with van der Waals surface area (Å²) in [7, 11) is 0. The summed E-state index contributed by atoms with van der Waals surface area (Å²) < 4.78 is 15.3. The molecule has 0 saturated carbocycles. The van der Waals surface area contributed by atoms with E-state index in [4.69, 9.17) is 11.2 Å². The number of halogens is 1. The van der Waals surface area contributed by atoms with Gasteiger partial charge in [-0.3, -0.25) is 4.57 Å². The Labute approximate surface area is 131 Å². The van der Waals surface area contributed by atoms with Crippen molar-refractivity contribution in [3.63, 3.8) is 0 Å². The molecule has 21 heavy (non-hydrogen) atoms. The maximum Gasteiger partial charge on any atom is 0.246 e. The molecule has 4 heteroatoms. The van der Waals surface area contributed by atoms with Crippen LogP contribution in [0.3, 0.4) is 0 Å². The van der Waals surface area contributed by atoms with E-state index in [1.165, 1.54) is 0 Å². The Morgan fingerprint density at radius 1 is 0.952 bits per heavy atom. The number of nitrogens with zero attached hydrogens (tertiary/aromatic N) is 1. The molecule has 2 aromatic carbocycles. The summed E-state index contributed by atoms with van der Waals surface area (Å²) >= 11 is 6.65. The highest BCUT2D eigenvalue weighted by molar-refractivity contribution is 7.87. The first-order valence-corrected chi connectivity index (χ1v) is 9.97. The highest BCUT2D eigenvalue weighted by Crippen LogP contribution is 2.71. The van der Waals surface area contributed by atoms with E-state index in [2.05, 4.69) is 24.3 Å². The minimum absolute atomic E-state index is 0.230. The summed E-state index contributed by atoms with van der Waals surface area (Å²) in [6, 6.07) is 16.3. The fraction of sp³-hybridized carbons (Fsp3) is 0.294. The van der Waals surface area contributed by atoms with Gasteiger partial charge in [0, 0.05) is 13.1 Å². The average Bonchev–Trinajstić information content (AvgIpc) is 2.83. The van der Waals surface area contributed by atoms with E-state index in [1.54, 1.807) is 0 Å². The van der Waals surface area contributed by atoms with Crippen LogP contribution in [0, 0.1) is 0 Å². The lowest BCUT2D eigenvalue weighted by atomic mass is 10.1. The number of hydrogen-bond acceptors (Lipinski definition) is 1. The minimum atomic E-state index is -3.01. The largest absolute Gasteiger partial charge is 0.288 e. The second-order valence-corrected chi connectivity index (χ2v) is 8.89. The minimum Gasteiger partial charge on any atom is -0.288 e. The molecule has 2 aromatic rings. The summed E-state index contributed by atoms with van der Waals surface area (Å²) in [5.41, 5.74) is 4.26. The third kappa shape index (κ3) is 2.26. The third-order valence-corrected chi connectivity index (χ3v) is 7.99. The van der Waals surface area contributed by atoms with Gasteiger partial charge < -0.3 is 0 Å². The van der Waals surface area contributed by atoms with E-state index in [1.807, 2.05) is 42.8 Å². The van der Waals surface area contributed by atoms with Gasteiger partial charge in [0.05, 0.1) is 5.66 Å². The molecular weight excluding hydrogens is 301 g/mol. The number of benzene rings is 2. The highest BCUT2D eigenvalue weighted by atomic mass is 35.7. The molecule has 0 aliphatic heterocycles. The van der Waals surface area contributed by atoms with Crippen molar-refractivity contribution in [2.75, 3.05) is 13.1 Å². The first-order valence-electron chi connectivity index (χ1n) is 7.34. The van der Waals surface area contributed by atoms with Crippen LogP contribution in [0.4, 0.5) is 0 Å². The summed E-state index contributed by atoms with van der Waals surface area (Å²) in [5, 5.41) is 0. The maximum absolute atomic E-state index is 13.4. The molecule has 0 saturated heterocycles. The monoisotopic (exact) mass is 319 g/mol. The standard InChI is InChI=1S/C17H19ClNOP/c1-3-19(4-2)21(18,20)17-15-11-7-5-9-13(15)14-10-6-8-12-16(14)17/h5-12,17H,3-4H2,1-2H3. The second-order valence-electron chi connectivity index (χ2n) is 5.26. The summed E-state index contributed by atoms with van der Waals surface area (Å²) in [5.74, 6) is 0. The van der Waals surface area contributed by atoms with Crippen molar-refractivity contribution in [1.29, 1.82) is 0 Å². The molecule has 0 N–H and O–H groups in total. The lowest BCUT2D eigenvalue weighted by molar-refractivity contribution is 0.450. The molecule has 0 aromatic heterocycles. The van der Waals surface area contributed by atoms with Crippen LogP contribution in [0.1, 0.15) is 30.6 Å². The van der Waals surface area contributed by atoms with Crippen LogP contribution in [-0.4, -0.2) is 17.8 Å². The van der Waals surface area contributed by atoms with Crippen molar-refractivity contribution in [1.82, 2.24) is 4.67 Å². The predicted octanol–water partition coefficient (Wildman–Crippen LogP) is 5.53. The van der Waals surface area contributed by atoms with Gasteiger partial charge in [0.1, 0.15) is 0 Å². The van der Waals surface area contributed by atoms with Crippen molar-refractivity contribution in [2.45, 2.75) is 19.5 Å². The lowest BCUT2D eigenvalue weighted by Gasteiger charge is -2.30. The van der Waals surface area contributed by atoms with Crippen molar-refractivity contribution in [2.24, 2.45) is 0 Å². The molecule has 0 spiro atoms. The van der Waals surface area contributed by atoms with Crippen LogP contribution >= 0.6 is 17.9 Å². The zero-order valence-electron chi connectivity index (χ0n) is 12.3. The molecule has 3 rings (SSSR count). The second kappa shape index (κ2) is 5.61. The Bertz CT molecular complexity index is 666. The van der Waals surface area contributed by atoms with Crippen molar-refractivity contribution in [3.8, 4) is 11.1 Å². The van der Waals surface area contributed by atoms with E-state index in [0.717, 1.165) is 22.3 Å². The van der Waals surface area contributed by atoms with Crippen LogP contribution in [0.25, 0.3) is 11.1 Å². The maximum atomic E-state index is 13.4. The van der Waals surface area contributed by atoms with Crippen LogP contribution in [0.15, 0.2) is 48.5 Å². The van der Waals surface area contributed by atoms with Crippen LogP contribution in [0.2, 0.25) is 0 Å². The Kier molecular flexibility index (Phi) is 3.96. The van der Waals surface area contributed by atoms with Gasteiger partial charge in [0.2, 0.25) is 6.65 Å². The third-order valence-electron chi connectivity index (χ3n) is 4.24. The topological polar surface area (TPSA) is 20.3 Å². The number of rotatable bonds is 4. The fourth-order valence-corrected chi connectivity index (χ4v) is 6.75. The molecule has 110 valence electrons. The normalized spacial score (nSPS) is 16.6. The van der Waals surface area contributed by atoms with Gasteiger partial charge in [-0.2, -0.15) is 0 Å². The Morgan fingerprint density at radius 2 is 1.38 bits per heavy atom. The number of fused-ring (bicyclic) bond motifs is 3. The molecule has 1 aliphatic rings. The van der Waals surface area contributed by atoms with Crippen LogP contribution < -0.4 is 0 Å². The average molecular weight is 320 g/mol. The molecule has 0 heterocycles. The van der Waals surface area contributed by atoms with Gasteiger partial charge >= 0.3 is 0 Å². The van der Waals surface area contributed by atoms with E-state index in [0.29, 0.717) is 13.1 Å².